The summed E-state index contributed by atoms with van der Waals surface area (Å²) >= 11 is 10.2. The third kappa shape index (κ3) is 6.06. The lowest BCUT2D eigenvalue weighted by Crippen LogP contribution is -2.08. The van der Waals surface area contributed by atoms with Gasteiger partial charge in [0.25, 0.3) is 0 Å². The summed E-state index contributed by atoms with van der Waals surface area (Å²) in [5.41, 5.74) is 0. The van der Waals surface area contributed by atoms with E-state index in [1.165, 1.54) is 0 Å². The highest BCUT2D eigenvalue weighted by Crippen LogP contribution is 1.98. The van der Waals surface area contributed by atoms with E-state index in [-0.39, 0.29) is 0 Å². The van der Waals surface area contributed by atoms with E-state index in [1.807, 2.05) is 6.92 Å². The number of hydrogen-bond donors (Lipinski definition) is 0. The Morgan fingerprint density at radius 3 is 2.67 bits per heavy atom. The minimum absolute atomic E-state index is 0.393. The second-order valence-electron chi connectivity index (χ2n) is 2.06. The normalized spacial score (nSPS) is 12.8. The molecular formula is C6H11ClOS. The third-order valence-corrected chi connectivity index (χ3v) is 1.48. The van der Waals surface area contributed by atoms with Gasteiger partial charge in [-0.05, 0) is 12.2 Å². The first-order valence-corrected chi connectivity index (χ1v) is 3.80. The number of thiocarbonyl (C=S) groups is 1. The Bertz CT molecular complexity index is 95.1. The molecule has 0 aromatic rings. The summed E-state index contributed by atoms with van der Waals surface area (Å²) < 4.78 is 5.04. The molecule has 0 amide bonds. The molecule has 54 valence electrons. The molecule has 9 heavy (non-hydrogen) atoms. The molecule has 0 aromatic carbocycles. The van der Waals surface area contributed by atoms with E-state index in [0.29, 0.717) is 23.5 Å². The minimum atomic E-state index is 0.393. The van der Waals surface area contributed by atoms with Gasteiger partial charge in [0.15, 0.2) is 5.05 Å². The van der Waals surface area contributed by atoms with E-state index < -0.39 is 0 Å². The van der Waals surface area contributed by atoms with Crippen molar-refractivity contribution in [1.29, 1.82) is 0 Å². The van der Waals surface area contributed by atoms with Gasteiger partial charge in [0.1, 0.15) is 0 Å². The zero-order chi connectivity index (χ0) is 7.28. The molecule has 1 atom stereocenters. The van der Waals surface area contributed by atoms with Gasteiger partial charge in [0.2, 0.25) is 0 Å². The highest BCUT2D eigenvalue weighted by atomic mass is 35.5. The predicted octanol–water partition coefficient (Wildman–Crippen LogP) is 2.23. The van der Waals surface area contributed by atoms with Crippen molar-refractivity contribution in [3.63, 3.8) is 0 Å². The molecule has 0 bridgehead atoms. The Hall–Kier alpha value is 0.180. The van der Waals surface area contributed by atoms with Crippen molar-refractivity contribution < 1.29 is 4.74 Å². The molecule has 0 N–H and O–H groups in total. The van der Waals surface area contributed by atoms with Crippen LogP contribution in [0.5, 0.6) is 0 Å². The molecule has 3 heteroatoms. The Kier molecular flexibility index (Phi) is 5.10. The standard InChI is InChI=1S/C6H11ClOS/c1-5(3-7)4-8-6(2)9/h5H,3-4H2,1-2H3. The topological polar surface area (TPSA) is 9.23 Å². The van der Waals surface area contributed by atoms with E-state index >= 15 is 0 Å². The average molecular weight is 167 g/mol. The second kappa shape index (κ2) is 5.00. The molecule has 0 spiro atoms. The van der Waals surface area contributed by atoms with Crippen molar-refractivity contribution >= 4 is 28.9 Å². The van der Waals surface area contributed by atoms with E-state index in [0.717, 1.165) is 0 Å². The summed E-state index contributed by atoms with van der Waals surface area (Å²) in [6.45, 7) is 4.42. The molecule has 0 rings (SSSR count). The van der Waals surface area contributed by atoms with Crippen LogP contribution in [0.15, 0.2) is 0 Å². The largest absolute Gasteiger partial charge is 0.487 e. The van der Waals surface area contributed by atoms with Gasteiger partial charge in [-0.15, -0.1) is 11.6 Å². The summed E-state index contributed by atoms with van der Waals surface area (Å²) in [6, 6.07) is 0. The summed E-state index contributed by atoms with van der Waals surface area (Å²) in [6.07, 6.45) is 0. The van der Waals surface area contributed by atoms with Crippen molar-refractivity contribution in [2.24, 2.45) is 5.92 Å². The molecule has 1 nitrogen and oxygen atoms in total. The fourth-order valence-corrected chi connectivity index (χ4v) is 0.461. The summed E-state index contributed by atoms with van der Waals surface area (Å²) in [5.74, 6) is 1.02. The summed E-state index contributed by atoms with van der Waals surface area (Å²) in [7, 11) is 0. The molecule has 0 saturated heterocycles. The molecule has 0 aliphatic carbocycles. The molecule has 0 aromatic heterocycles. The molecule has 0 aliphatic heterocycles. The quantitative estimate of drug-likeness (QED) is 0.470. The monoisotopic (exact) mass is 166 g/mol. The Labute approximate surface area is 66.3 Å². The van der Waals surface area contributed by atoms with Crippen molar-refractivity contribution in [1.82, 2.24) is 0 Å². The van der Waals surface area contributed by atoms with Gasteiger partial charge in [-0.2, -0.15) is 0 Å². The van der Waals surface area contributed by atoms with Gasteiger partial charge in [0.05, 0.1) is 6.61 Å². The van der Waals surface area contributed by atoms with Crippen LogP contribution in [0.2, 0.25) is 0 Å². The van der Waals surface area contributed by atoms with E-state index in [1.54, 1.807) is 6.92 Å². The number of hydrogen-bond acceptors (Lipinski definition) is 2. The van der Waals surface area contributed by atoms with Gasteiger partial charge in [-0.3, -0.25) is 0 Å². The van der Waals surface area contributed by atoms with Crippen molar-refractivity contribution in [2.75, 3.05) is 12.5 Å². The number of halogens is 1. The van der Waals surface area contributed by atoms with Gasteiger partial charge in [-0.25, -0.2) is 0 Å². The molecular weight excluding hydrogens is 156 g/mol. The first-order chi connectivity index (χ1) is 4.16. The van der Waals surface area contributed by atoms with Crippen molar-refractivity contribution in [3.05, 3.63) is 0 Å². The van der Waals surface area contributed by atoms with E-state index in [4.69, 9.17) is 28.6 Å². The highest BCUT2D eigenvalue weighted by molar-refractivity contribution is 7.80. The highest BCUT2D eigenvalue weighted by Gasteiger charge is 1.98. The van der Waals surface area contributed by atoms with Crippen LogP contribution in [0.4, 0.5) is 0 Å². The lowest BCUT2D eigenvalue weighted by atomic mass is 10.2. The molecule has 0 fully saturated rings. The van der Waals surface area contributed by atoms with Crippen LogP contribution in [-0.2, 0) is 4.74 Å². The van der Waals surface area contributed by atoms with Gasteiger partial charge >= 0.3 is 0 Å². The number of rotatable bonds is 3. The maximum atomic E-state index is 5.51. The lowest BCUT2D eigenvalue weighted by molar-refractivity contribution is 0.265. The predicted molar refractivity (Wildman–Crippen MR) is 44.1 cm³/mol. The van der Waals surface area contributed by atoms with Crippen molar-refractivity contribution in [3.8, 4) is 0 Å². The molecule has 1 unspecified atom stereocenters. The van der Waals surface area contributed by atoms with E-state index in [9.17, 15) is 0 Å². The zero-order valence-corrected chi connectivity index (χ0v) is 7.26. The summed E-state index contributed by atoms with van der Waals surface area (Å²) in [5, 5.41) is 0.590. The van der Waals surface area contributed by atoms with Gasteiger partial charge < -0.3 is 4.74 Å². The minimum Gasteiger partial charge on any atom is -0.487 e. The fourth-order valence-electron chi connectivity index (χ4n) is 0.304. The first-order valence-electron chi connectivity index (χ1n) is 2.86. The van der Waals surface area contributed by atoms with Crippen LogP contribution in [0, 0.1) is 5.92 Å². The number of ether oxygens (including phenoxy) is 1. The lowest BCUT2D eigenvalue weighted by Gasteiger charge is -2.07. The van der Waals surface area contributed by atoms with Crippen LogP contribution in [0.25, 0.3) is 0 Å². The van der Waals surface area contributed by atoms with Crippen LogP contribution in [0.1, 0.15) is 13.8 Å². The second-order valence-corrected chi connectivity index (χ2v) is 2.95. The third-order valence-electron chi connectivity index (χ3n) is 0.835. The fraction of sp³-hybridized carbons (Fsp3) is 0.833. The molecule has 0 aliphatic rings. The molecule has 0 radical (unpaired) electrons. The van der Waals surface area contributed by atoms with E-state index in [2.05, 4.69) is 0 Å². The molecule has 0 saturated carbocycles. The van der Waals surface area contributed by atoms with Crippen LogP contribution in [-0.4, -0.2) is 17.5 Å². The van der Waals surface area contributed by atoms with Crippen LogP contribution < -0.4 is 0 Å². The first kappa shape index (κ1) is 9.18. The Balaban J connectivity index is 3.16. The summed E-state index contributed by atoms with van der Waals surface area (Å²) in [4.78, 5) is 0. The zero-order valence-electron chi connectivity index (χ0n) is 5.69. The van der Waals surface area contributed by atoms with Gasteiger partial charge in [0, 0.05) is 18.7 Å². The number of alkyl halides is 1. The smallest absolute Gasteiger partial charge is 0.156 e. The Morgan fingerprint density at radius 2 is 2.33 bits per heavy atom. The molecule has 0 heterocycles. The van der Waals surface area contributed by atoms with Crippen LogP contribution in [0.3, 0.4) is 0 Å². The van der Waals surface area contributed by atoms with Crippen molar-refractivity contribution in [2.45, 2.75) is 13.8 Å². The van der Waals surface area contributed by atoms with Crippen LogP contribution >= 0.6 is 23.8 Å². The Morgan fingerprint density at radius 1 is 1.78 bits per heavy atom. The SMILES string of the molecule is CC(=S)OCC(C)CCl. The maximum absolute atomic E-state index is 5.51. The van der Waals surface area contributed by atoms with Gasteiger partial charge in [-0.1, -0.05) is 6.92 Å². The maximum Gasteiger partial charge on any atom is 0.156 e. The average Bonchev–Trinajstić information content (AvgIpc) is 1.83.